The molecule has 0 aromatic heterocycles. The molecule has 1 aliphatic rings. The van der Waals surface area contributed by atoms with E-state index in [0.29, 0.717) is 6.54 Å². The largest absolute Gasteiger partial charge is 0.394 e. The normalized spacial score (nSPS) is 15.9. The number of aliphatic hydroxyl groups is 2. The zero-order chi connectivity index (χ0) is 13.1. The predicted octanol–water partition coefficient (Wildman–Crippen LogP) is 0.111. The average molecular weight is 251 g/mol. The molecule has 0 saturated carbocycles. The molecule has 0 saturated heterocycles. The summed E-state index contributed by atoms with van der Waals surface area (Å²) in [6.45, 7) is 0.519. The summed E-state index contributed by atoms with van der Waals surface area (Å²) in [5.41, 5.74) is 2.75. The second kappa shape index (κ2) is 5.24. The van der Waals surface area contributed by atoms with E-state index in [-0.39, 0.29) is 19.2 Å². The number of rotatable bonds is 4. The summed E-state index contributed by atoms with van der Waals surface area (Å²) in [6, 6.07) is 5.52. The van der Waals surface area contributed by atoms with Crippen molar-refractivity contribution in [2.45, 2.75) is 12.6 Å². The van der Waals surface area contributed by atoms with Gasteiger partial charge in [-0.2, -0.15) is 0 Å². The fraction of sp³-hybridized carbons (Fsp3) is 0.417. The topological polar surface area (TPSA) is 84.8 Å². The molecule has 2 amide bonds. The minimum atomic E-state index is -0.775. The third-order valence-corrected chi connectivity index (χ3v) is 2.93. The Kier molecular flexibility index (Phi) is 3.69. The van der Waals surface area contributed by atoms with Crippen LogP contribution in [0.15, 0.2) is 18.2 Å². The molecule has 1 aromatic carbocycles. The molecule has 18 heavy (non-hydrogen) atoms. The minimum Gasteiger partial charge on any atom is -0.394 e. The highest BCUT2D eigenvalue weighted by molar-refractivity contribution is 5.94. The number of benzene rings is 1. The van der Waals surface area contributed by atoms with Crippen molar-refractivity contribution in [2.75, 3.05) is 30.4 Å². The first kappa shape index (κ1) is 12.7. The van der Waals surface area contributed by atoms with Crippen molar-refractivity contribution < 1.29 is 15.0 Å². The van der Waals surface area contributed by atoms with Crippen molar-refractivity contribution >= 4 is 17.4 Å². The molecular formula is C12H17N3O3. The van der Waals surface area contributed by atoms with Gasteiger partial charge >= 0.3 is 6.03 Å². The number of hydrogen-bond donors (Lipinski definition) is 4. The van der Waals surface area contributed by atoms with E-state index in [1.807, 2.05) is 18.2 Å². The molecule has 6 nitrogen and oxygen atoms in total. The van der Waals surface area contributed by atoms with E-state index in [1.54, 1.807) is 11.9 Å². The Hall–Kier alpha value is -1.79. The molecule has 4 N–H and O–H groups in total. The van der Waals surface area contributed by atoms with E-state index in [1.165, 1.54) is 0 Å². The fourth-order valence-corrected chi connectivity index (χ4v) is 1.86. The van der Waals surface area contributed by atoms with Crippen molar-refractivity contribution in [3.63, 3.8) is 0 Å². The number of amides is 2. The number of nitrogens with one attached hydrogen (secondary N) is 2. The molecule has 1 atom stereocenters. The Morgan fingerprint density at radius 1 is 1.56 bits per heavy atom. The van der Waals surface area contributed by atoms with Crippen LogP contribution in [-0.2, 0) is 6.54 Å². The van der Waals surface area contributed by atoms with Crippen LogP contribution in [0.1, 0.15) is 5.56 Å². The van der Waals surface area contributed by atoms with Gasteiger partial charge in [-0.15, -0.1) is 0 Å². The quantitative estimate of drug-likeness (QED) is 0.612. The van der Waals surface area contributed by atoms with Crippen LogP contribution in [0.4, 0.5) is 16.2 Å². The lowest BCUT2D eigenvalue weighted by molar-refractivity contribution is 0.105. The van der Waals surface area contributed by atoms with Gasteiger partial charge in [0, 0.05) is 25.8 Å². The van der Waals surface area contributed by atoms with Crippen LogP contribution in [-0.4, -0.2) is 42.5 Å². The summed E-state index contributed by atoms with van der Waals surface area (Å²) in [6.07, 6.45) is -0.775. The standard InChI is InChI=1S/C12H17N3O3/c1-15-11-3-2-9(13-6-10(17)7-16)4-8(11)5-14-12(15)18/h2-4,10,13,16-17H,5-7H2,1H3,(H,14,18). The number of nitrogens with zero attached hydrogens (tertiary/aromatic N) is 1. The van der Waals surface area contributed by atoms with Crippen molar-refractivity contribution in [2.24, 2.45) is 0 Å². The maximum Gasteiger partial charge on any atom is 0.321 e. The third kappa shape index (κ3) is 2.55. The molecule has 0 aliphatic carbocycles. The molecule has 1 heterocycles. The van der Waals surface area contributed by atoms with Crippen molar-refractivity contribution in [3.05, 3.63) is 23.8 Å². The van der Waals surface area contributed by atoms with Gasteiger partial charge in [0.25, 0.3) is 0 Å². The number of carbonyl (C=O) groups excluding carboxylic acids is 1. The first-order valence-electron chi connectivity index (χ1n) is 5.79. The molecule has 0 spiro atoms. The molecule has 2 rings (SSSR count). The molecule has 0 radical (unpaired) electrons. The van der Waals surface area contributed by atoms with Crippen molar-refractivity contribution in [1.29, 1.82) is 0 Å². The van der Waals surface area contributed by atoms with Crippen molar-refractivity contribution in [3.8, 4) is 0 Å². The number of carbonyl (C=O) groups is 1. The van der Waals surface area contributed by atoms with Crippen LogP contribution >= 0.6 is 0 Å². The molecule has 1 unspecified atom stereocenters. The summed E-state index contributed by atoms with van der Waals surface area (Å²) >= 11 is 0. The second-order valence-electron chi connectivity index (χ2n) is 4.28. The highest BCUT2D eigenvalue weighted by Crippen LogP contribution is 2.26. The highest BCUT2D eigenvalue weighted by Gasteiger charge is 2.20. The lowest BCUT2D eigenvalue weighted by Gasteiger charge is -2.27. The summed E-state index contributed by atoms with van der Waals surface area (Å²) in [5.74, 6) is 0. The lowest BCUT2D eigenvalue weighted by Crippen LogP contribution is -2.41. The van der Waals surface area contributed by atoms with Gasteiger partial charge in [0.1, 0.15) is 0 Å². The SMILES string of the molecule is CN1C(=O)NCc2cc(NCC(O)CO)ccc21. The minimum absolute atomic E-state index is 0.112. The number of aliphatic hydroxyl groups excluding tert-OH is 2. The second-order valence-corrected chi connectivity index (χ2v) is 4.28. The zero-order valence-electron chi connectivity index (χ0n) is 10.2. The van der Waals surface area contributed by atoms with Crippen LogP contribution in [0.3, 0.4) is 0 Å². The Bertz CT molecular complexity index is 450. The first-order valence-corrected chi connectivity index (χ1v) is 5.79. The van der Waals surface area contributed by atoms with Gasteiger partial charge in [-0.05, 0) is 23.8 Å². The summed E-state index contributed by atoms with van der Waals surface area (Å²) < 4.78 is 0. The first-order chi connectivity index (χ1) is 8.61. The van der Waals surface area contributed by atoms with Gasteiger partial charge in [-0.1, -0.05) is 0 Å². The number of hydrogen-bond acceptors (Lipinski definition) is 4. The molecular weight excluding hydrogens is 234 g/mol. The van der Waals surface area contributed by atoms with Gasteiger partial charge in [0.2, 0.25) is 0 Å². The van der Waals surface area contributed by atoms with E-state index >= 15 is 0 Å². The number of urea groups is 1. The van der Waals surface area contributed by atoms with E-state index in [0.717, 1.165) is 16.9 Å². The number of fused-ring (bicyclic) bond motifs is 1. The highest BCUT2D eigenvalue weighted by atomic mass is 16.3. The van der Waals surface area contributed by atoms with E-state index in [2.05, 4.69) is 10.6 Å². The molecule has 6 heteroatoms. The average Bonchev–Trinajstić information content (AvgIpc) is 2.40. The fourth-order valence-electron chi connectivity index (χ4n) is 1.86. The Labute approximate surface area is 105 Å². The van der Waals surface area contributed by atoms with Crippen LogP contribution in [0.25, 0.3) is 0 Å². The molecule has 98 valence electrons. The van der Waals surface area contributed by atoms with Crippen molar-refractivity contribution in [1.82, 2.24) is 5.32 Å². The van der Waals surface area contributed by atoms with Gasteiger partial charge in [0.15, 0.2) is 0 Å². The molecule has 0 bridgehead atoms. The van der Waals surface area contributed by atoms with Gasteiger partial charge < -0.3 is 20.8 Å². The van der Waals surface area contributed by atoms with Crippen LogP contribution in [0.2, 0.25) is 0 Å². The van der Waals surface area contributed by atoms with E-state index < -0.39 is 6.10 Å². The van der Waals surface area contributed by atoms with Crippen LogP contribution < -0.4 is 15.5 Å². The van der Waals surface area contributed by atoms with Gasteiger partial charge in [0.05, 0.1) is 18.4 Å². The Morgan fingerprint density at radius 2 is 2.33 bits per heavy atom. The Balaban J connectivity index is 2.10. The zero-order valence-corrected chi connectivity index (χ0v) is 10.2. The summed E-state index contributed by atoms with van der Waals surface area (Å²) in [4.78, 5) is 13.0. The summed E-state index contributed by atoms with van der Waals surface area (Å²) in [7, 11) is 1.72. The smallest absolute Gasteiger partial charge is 0.321 e. The monoisotopic (exact) mass is 251 g/mol. The predicted molar refractivity (Wildman–Crippen MR) is 68.7 cm³/mol. The third-order valence-electron chi connectivity index (χ3n) is 2.93. The molecule has 1 aliphatic heterocycles. The van der Waals surface area contributed by atoms with E-state index in [9.17, 15) is 9.90 Å². The molecule has 1 aromatic rings. The maximum atomic E-state index is 11.4. The molecule has 0 fully saturated rings. The maximum absolute atomic E-state index is 11.4. The van der Waals surface area contributed by atoms with Gasteiger partial charge in [-0.3, -0.25) is 4.90 Å². The van der Waals surface area contributed by atoms with Crippen LogP contribution in [0.5, 0.6) is 0 Å². The Morgan fingerprint density at radius 3 is 3.06 bits per heavy atom. The van der Waals surface area contributed by atoms with E-state index in [4.69, 9.17) is 5.11 Å². The lowest BCUT2D eigenvalue weighted by atomic mass is 10.1. The summed E-state index contributed by atoms with van der Waals surface area (Å²) in [5, 5.41) is 23.8. The number of anilines is 2. The van der Waals surface area contributed by atoms with Gasteiger partial charge in [-0.25, -0.2) is 4.79 Å². The van der Waals surface area contributed by atoms with Crippen LogP contribution in [0, 0.1) is 0 Å².